The summed E-state index contributed by atoms with van der Waals surface area (Å²) in [6, 6.07) is 11.0. The molecule has 3 aromatic rings. The Bertz CT molecular complexity index is 1030. The average molecular weight is 428 g/mol. The zero-order valence-corrected chi connectivity index (χ0v) is 17.6. The molecule has 1 amide bonds. The molecule has 9 heteroatoms. The molecule has 0 atom stereocenters. The Labute approximate surface area is 179 Å². The first kappa shape index (κ1) is 20.2. The first-order valence-electron chi connectivity index (χ1n) is 9.80. The van der Waals surface area contributed by atoms with Gasteiger partial charge in [0.25, 0.3) is 5.91 Å². The van der Waals surface area contributed by atoms with Crippen LogP contribution in [0.3, 0.4) is 0 Å². The van der Waals surface area contributed by atoms with E-state index in [1.54, 1.807) is 24.0 Å². The lowest BCUT2D eigenvalue weighted by Crippen LogP contribution is -2.49. The zero-order valence-electron chi connectivity index (χ0n) is 16.8. The number of anilines is 1. The molecular weight excluding hydrogens is 406 g/mol. The highest BCUT2D eigenvalue weighted by Gasteiger charge is 2.29. The summed E-state index contributed by atoms with van der Waals surface area (Å²) in [6.45, 7) is 6.61. The Hall–Kier alpha value is -3.13. The second-order valence-corrected chi connectivity index (χ2v) is 7.29. The first-order chi connectivity index (χ1) is 14.6. The van der Waals surface area contributed by atoms with E-state index in [1.165, 1.54) is 0 Å². The number of carbonyl (C=O) groups excluding carboxylic acids is 1. The topological polar surface area (TPSA) is 84.6 Å². The summed E-state index contributed by atoms with van der Waals surface area (Å²) in [6.07, 6.45) is 0. The Morgan fingerprint density at radius 3 is 2.57 bits per heavy atom. The number of rotatable bonds is 5. The summed E-state index contributed by atoms with van der Waals surface area (Å²) >= 11 is 6.31. The number of aromatic nitrogens is 3. The summed E-state index contributed by atoms with van der Waals surface area (Å²) in [5.74, 6) is 1.64. The van der Waals surface area contributed by atoms with E-state index in [0.29, 0.717) is 66.3 Å². The predicted octanol–water partition coefficient (Wildman–Crippen LogP) is 3.45. The Morgan fingerprint density at radius 2 is 1.90 bits per heavy atom. The molecule has 0 radical (unpaired) electrons. The summed E-state index contributed by atoms with van der Waals surface area (Å²) in [4.78, 5) is 17.2. The van der Waals surface area contributed by atoms with Crippen molar-refractivity contribution < 1.29 is 14.1 Å². The third-order valence-corrected chi connectivity index (χ3v) is 5.34. The van der Waals surface area contributed by atoms with Crippen LogP contribution in [0.1, 0.15) is 23.0 Å². The highest BCUT2D eigenvalue weighted by Crippen LogP contribution is 2.32. The van der Waals surface area contributed by atoms with Crippen molar-refractivity contribution in [3.63, 3.8) is 0 Å². The van der Waals surface area contributed by atoms with E-state index >= 15 is 0 Å². The van der Waals surface area contributed by atoms with E-state index in [-0.39, 0.29) is 5.91 Å². The molecule has 0 saturated carbocycles. The number of halogens is 1. The van der Waals surface area contributed by atoms with Gasteiger partial charge in [0, 0.05) is 37.8 Å². The molecule has 156 valence electrons. The molecule has 1 aromatic carbocycles. The largest absolute Gasteiger partial charge is 0.477 e. The first-order valence-corrected chi connectivity index (χ1v) is 10.2. The van der Waals surface area contributed by atoms with E-state index in [9.17, 15) is 4.79 Å². The number of aryl methyl sites for hydroxylation is 1. The summed E-state index contributed by atoms with van der Waals surface area (Å²) in [5.41, 5.74) is 1.61. The third kappa shape index (κ3) is 3.95. The Morgan fingerprint density at radius 1 is 1.13 bits per heavy atom. The van der Waals surface area contributed by atoms with Gasteiger partial charge in [-0.2, -0.15) is 0 Å². The lowest BCUT2D eigenvalue weighted by atomic mass is 10.0. The number of hydrogen-bond donors (Lipinski definition) is 0. The molecule has 0 aliphatic carbocycles. The predicted molar refractivity (Wildman–Crippen MR) is 113 cm³/mol. The average Bonchev–Trinajstić information content (AvgIpc) is 3.15. The van der Waals surface area contributed by atoms with Gasteiger partial charge in [0.15, 0.2) is 5.82 Å². The number of amides is 1. The monoisotopic (exact) mass is 427 g/mol. The Balaban J connectivity index is 1.48. The minimum absolute atomic E-state index is 0.110. The van der Waals surface area contributed by atoms with Gasteiger partial charge in [0.05, 0.1) is 11.6 Å². The van der Waals surface area contributed by atoms with Crippen LogP contribution < -0.4 is 9.64 Å². The number of ether oxygens (including phenoxy) is 1. The van der Waals surface area contributed by atoms with Gasteiger partial charge in [-0.3, -0.25) is 4.79 Å². The maximum Gasteiger partial charge on any atom is 0.259 e. The molecule has 1 aliphatic heterocycles. The fourth-order valence-corrected chi connectivity index (χ4v) is 3.69. The number of hydrogen-bond acceptors (Lipinski definition) is 7. The van der Waals surface area contributed by atoms with Gasteiger partial charge >= 0.3 is 0 Å². The summed E-state index contributed by atoms with van der Waals surface area (Å²) < 4.78 is 10.7. The van der Waals surface area contributed by atoms with Gasteiger partial charge in [0.1, 0.15) is 17.0 Å². The van der Waals surface area contributed by atoms with Crippen molar-refractivity contribution in [3.05, 3.63) is 52.7 Å². The maximum atomic E-state index is 13.3. The lowest BCUT2D eigenvalue weighted by molar-refractivity contribution is 0.0745. The van der Waals surface area contributed by atoms with Crippen molar-refractivity contribution in [1.29, 1.82) is 0 Å². The highest BCUT2D eigenvalue weighted by atomic mass is 35.5. The fraction of sp³-hybridized carbons (Fsp3) is 0.333. The summed E-state index contributed by atoms with van der Waals surface area (Å²) in [5, 5.41) is 12.9. The van der Waals surface area contributed by atoms with Crippen molar-refractivity contribution in [2.24, 2.45) is 0 Å². The molecule has 3 heterocycles. The van der Waals surface area contributed by atoms with Crippen LogP contribution in [0.2, 0.25) is 5.02 Å². The molecular formula is C21H22ClN5O3. The van der Waals surface area contributed by atoms with E-state index in [2.05, 4.69) is 20.3 Å². The molecule has 30 heavy (non-hydrogen) atoms. The molecule has 2 aromatic heterocycles. The second kappa shape index (κ2) is 8.71. The van der Waals surface area contributed by atoms with Gasteiger partial charge in [-0.15, -0.1) is 10.2 Å². The molecule has 8 nitrogen and oxygen atoms in total. The van der Waals surface area contributed by atoms with Gasteiger partial charge in [-0.1, -0.05) is 35.0 Å². The van der Waals surface area contributed by atoms with Crippen LogP contribution in [0.4, 0.5) is 5.82 Å². The van der Waals surface area contributed by atoms with E-state index < -0.39 is 0 Å². The van der Waals surface area contributed by atoms with Crippen LogP contribution in [0.5, 0.6) is 5.88 Å². The van der Waals surface area contributed by atoms with Crippen LogP contribution in [0.15, 0.2) is 40.9 Å². The molecule has 0 N–H and O–H groups in total. The van der Waals surface area contributed by atoms with Crippen LogP contribution >= 0.6 is 11.6 Å². The highest BCUT2D eigenvalue weighted by molar-refractivity contribution is 6.33. The zero-order chi connectivity index (χ0) is 21.1. The molecule has 1 fully saturated rings. The van der Waals surface area contributed by atoms with Crippen molar-refractivity contribution in [1.82, 2.24) is 20.3 Å². The number of benzene rings is 1. The van der Waals surface area contributed by atoms with Crippen molar-refractivity contribution in [3.8, 4) is 17.1 Å². The third-order valence-electron chi connectivity index (χ3n) is 5.01. The normalized spacial score (nSPS) is 14.1. The van der Waals surface area contributed by atoms with Gasteiger partial charge in [0.2, 0.25) is 5.88 Å². The maximum absolute atomic E-state index is 13.3. The van der Waals surface area contributed by atoms with Crippen molar-refractivity contribution in [2.45, 2.75) is 13.8 Å². The second-order valence-electron chi connectivity index (χ2n) is 6.88. The van der Waals surface area contributed by atoms with Crippen molar-refractivity contribution >= 4 is 23.3 Å². The minimum atomic E-state index is -0.110. The van der Waals surface area contributed by atoms with Gasteiger partial charge in [-0.05, 0) is 26.0 Å². The Kier molecular flexibility index (Phi) is 5.85. The lowest BCUT2D eigenvalue weighted by Gasteiger charge is -2.35. The SMILES string of the molecule is CCOc1ccc(N2CCN(C(=O)c3c(-c4ccccc4Cl)noc3C)CC2)nn1. The van der Waals surface area contributed by atoms with E-state index in [1.807, 2.05) is 31.2 Å². The van der Waals surface area contributed by atoms with E-state index in [4.69, 9.17) is 20.9 Å². The van der Waals surface area contributed by atoms with E-state index in [0.717, 1.165) is 5.82 Å². The fourth-order valence-electron chi connectivity index (χ4n) is 3.46. The van der Waals surface area contributed by atoms with Gasteiger partial charge in [-0.25, -0.2) is 0 Å². The van der Waals surface area contributed by atoms with Crippen LogP contribution in [0.25, 0.3) is 11.3 Å². The summed E-state index contributed by atoms with van der Waals surface area (Å²) in [7, 11) is 0. The minimum Gasteiger partial charge on any atom is -0.477 e. The van der Waals surface area contributed by atoms with Crippen LogP contribution in [-0.2, 0) is 0 Å². The molecule has 0 spiro atoms. The number of piperazine rings is 1. The van der Waals surface area contributed by atoms with Crippen LogP contribution in [-0.4, -0.2) is 58.9 Å². The molecule has 0 bridgehead atoms. The molecule has 0 unspecified atom stereocenters. The molecule has 1 aliphatic rings. The van der Waals surface area contributed by atoms with Gasteiger partial charge < -0.3 is 19.1 Å². The smallest absolute Gasteiger partial charge is 0.259 e. The molecule has 1 saturated heterocycles. The molecule has 4 rings (SSSR count). The number of carbonyl (C=O) groups is 1. The quantitative estimate of drug-likeness (QED) is 0.616. The van der Waals surface area contributed by atoms with Crippen molar-refractivity contribution in [2.75, 3.05) is 37.7 Å². The standard InChI is InChI=1S/C21H22ClN5O3/c1-3-29-18-9-8-17(23-24-18)26-10-12-27(13-11-26)21(28)19-14(2)30-25-20(19)15-6-4-5-7-16(15)22/h4-9H,3,10-13H2,1-2H3. The van der Waals surface area contributed by atoms with Crippen LogP contribution in [0, 0.1) is 6.92 Å². The number of nitrogens with zero attached hydrogens (tertiary/aromatic N) is 5.